The summed E-state index contributed by atoms with van der Waals surface area (Å²) in [6.45, 7) is 4.08. The Morgan fingerprint density at radius 2 is 1.56 bits per heavy atom. The van der Waals surface area contributed by atoms with Crippen molar-refractivity contribution in [2.24, 2.45) is 0 Å². The van der Waals surface area contributed by atoms with Gasteiger partial charge in [-0.1, -0.05) is 35.9 Å². The van der Waals surface area contributed by atoms with Crippen molar-refractivity contribution in [2.45, 2.75) is 0 Å². The maximum absolute atomic E-state index is 4.08. The fourth-order valence-corrected chi connectivity index (χ4v) is 1.39. The smallest absolute Gasteiger partial charge is 1.00 e. The van der Waals surface area contributed by atoms with Crippen molar-refractivity contribution in [1.29, 1.82) is 0 Å². The van der Waals surface area contributed by atoms with Gasteiger partial charge in [0.1, 0.15) is 0 Å². The molecule has 0 fully saturated rings. The van der Waals surface area contributed by atoms with Gasteiger partial charge in [-0.3, -0.25) is 0 Å². The summed E-state index contributed by atoms with van der Waals surface area (Å²) in [6, 6.07) is 21.1. The summed E-state index contributed by atoms with van der Waals surface area (Å²) in [5.74, 6) is 0. The zero-order valence-corrected chi connectivity index (χ0v) is 12.0. The van der Waals surface area contributed by atoms with Gasteiger partial charge in [-0.15, -0.1) is 12.1 Å². The monoisotopic (exact) mass is 282 g/mol. The minimum absolute atomic E-state index is 0. The molecule has 0 atom stereocenters. The van der Waals surface area contributed by atoms with Crippen molar-refractivity contribution in [1.82, 2.24) is 0 Å². The zero-order chi connectivity index (χ0) is 9.80. The molecule has 2 aromatic rings. The molecule has 16 heavy (non-hydrogen) atoms. The number of benzene rings is 2. The molecule has 2 aromatic carbocycles. The van der Waals surface area contributed by atoms with Gasteiger partial charge in [0.05, 0.1) is 0 Å². The van der Waals surface area contributed by atoms with Crippen molar-refractivity contribution in [3.8, 4) is 0 Å². The van der Waals surface area contributed by atoms with Gasteiger partial charge in [-0.25, -0.2) is 0 Å². The van der Waals surface area contributed by atoms with Crippen LogP contribution in [0.25, 0.3) is 5.57 Å². The molecule has 0 heterocycles. The van der Waals surface area contributed by atoms with E-state index in [0.29, 0.717) is 0 Å². The Hall–Kier alpha value is -0.574. The molecule has 2 rings (SSSR count). The van der Waals surface area contributed by atoms with Crippen LogP contribution in [0.15, 0.2) is 61.2 Å². The van der Waals surface area contributed by atoms with E-state index in [1.165, 1.54) is 0 Å². The third-order valence-corrected chi connectivity index (χ3v) is 2.18. The van der Waals surface area contributed by atoms with E-state index in [2.05, 4.69) is 24.8 Å². The minimum Gasteiger partial charge on any atom is -1.00 e. The number of rotatable bonds is 2. The zero-order valence-electron chi connectivity index (χ0n) is 8.99. The van der Waals surface area contributed by atoms with Crippen LogP contribution in [0.3, 0.4) is 0 Å². The van der Waals surface area contributed by atoms with Crippen LogP contribution in [0.2, 0.25) is 0 Å². The molecule has 0 aliphatic rings. The van der Waals surface area contributed by atoms with Crippen LogP contribution in [-0.4, -0.2) is 23.1 Å². The summed E-state index contributed by atoms with van der Waals surface area (Å²) in [5.41, 5.74) is 3.33. The molecule has 0 saturated heterocycles. The van der Waals surface area contributed by atoms with Crippen LogP contribution >= 0.6 is 0 Å². The number of halogens is 1. The molecule has 0 N–H and O–H groups in total. The van der Waals surface area contributed by atoms with E-state index >= 15 is 0 Å². The van der Waals surface area contributed by atoms with E-state index in [-0.39, 0.29) is 40.0 Å². The average Bonchev–Trinajstić information content (AvgIpc) is 2.30. The quantitative estimate of drug-likeness (QED) is 0.544. The predicted octanol–water partition coefficient (Wildman–Crippen LogP) is 0.171. The summed E-state index contributed by atoms with van der Waals surface area (Å²) in [4.78, 5) is 0. The summed E-state index contributed by atoms with van der Waals surface area (Å²) >= 11 is 0. The molecule has 0 unspecified atom stereocenters. The first-order valence-corrected chi connectivity index (χ1v) is 4.59. The molecule has 76 valence electrons. The second-order valence-corrected chi connectivity index (χ2v) is 3.14. The van der Waals surface area contributed by atoms with E-state index in [1.54, 1.807) is 0 Å². The van der Waals surface area contributed by atoms with Crippen LogP contribution in [0.1, 0.15) is 11.1 Å². The van der Waals surface area contributed by atoms with Gasteiger partial charge < -0.3 is 17.0 Å². The molecule has 0 radical (unpaired) electrons. The largest absolute Gasteiger partial charge is 2.00 e. The molecule has 0 bridgehead atoms. The average molecular weight is 283 g/mol. The van der Waals surface area contributed by atoms with E-state index in [9.17, 15) is 0 Å². The second kappa shape index (κ2) is 7.66. The van der Waals surface area contributed by atoms with E-state index in [1.807, 2.05) is 42.5 Å². The van der Waals surface area contributed by atoms with E-state index < -0.39 is 0 Å². The fraction of sp³-hybridized carbons (Fsp3) is 0. The summed E-state index contributed by atoms with van der Waals surface area (Å²) in [6.07, 6.45) is 0. The standard InChI is InChI=1S/C14H11.BrH.Mg/c1-12(13-8-4-2-5-9-13)14-10-6-3-7-11-14;;/h2-6,8-11H,1H2;1H;/q-1;;+2/p-1. The van der Waals surface area contributed by atoms with Crippen molar-refractivity contribution in [3.63, 3.8) is 0 Å². The van der Waals surface area contributed by atoms with Crippen molar-refractivity contribution in [2.75, 3.05) is 0 Å². The van der Waals surface area contributed by atoms with Crippen molar-refractivity contribution in [3.05, 3.63) is 78.4 Å². The summed E-state index contributed by atoms with van der Waals surface area (Å²) < 4.78 is 0. The maximum atomic E-state index is 4.08. The fourth-order valence-electron chi connectivity index (χ4n) is 1.39. The van der Waals surface area contributed by atoms with Gasteiger partial charge in [-0.2, -0.15) is 30.3 Å². The summed E-state index contributed by atoms with van der Waals surface area (Å²) in [5, 5.41) is 0. The minimum atomic E-state index is 0. The van der Waals surface area contributed by atoms with Crippen LogP contribution in [0, 0.1) is 6.07 Å². The Bertz CT molecular complexity index is 382. The number of hydrogen-bond donors (Lipinski definition) is 0. The Morgan fingerprint density at radius 3 is 2.12 bits per heavy atom. The first kappa shape index (κ1) is 15.4. The topological polar surface area (TPSA) is 0 Å². The molecule has 0 aromatic heterocycles. The molecule has 0 saturated carbocycles. The Labute approximate surface area is 123 Å². The third kappa shape index (κ3) is 3.78. The Morgan fingerprint density at radius 1 is 0.938 bits per heavy atom. The van der Waals surface area contributed by atoms with Crippen LogP contribution in [0.4, 0.5) is 0 Å². The van der Waals surface area contributed by atoms with Gasteiger partial charge in [0.2, 0.25) is 0 Å². The van der Waals surface area contributed by atoms with Crippen molar-refractivity contribution >= 4 is 28.6 Å². The molecular weight excluding hydrogens is 272 g/mol. The van der Waals surface area contributed by atoms with Crippen LogP contribution < -0.4 is 17.0 Å². The Kier molecular flexibility index (Phi) is 7.38. The van der Waals surface area contributed by atoms with Gasteiger partial charge in [0, 0.05) is 0 Å². The Balaban J connectivity index is 0.00000112. The van der Waals surface area contributed by atoms with E-state index in [0.717, 1.165) is 16.7 Å². The predicted molar refractivity (Wildman–Crippen MR) is 65.6 cm³/mol. The van der Waals surface area contributed by atoms with E-state index in [4.69, 9.17) is 0 Å². The molecule has 0 spiro atoms. The van der Waals surface area contributed by atoms with Gasteiger partial charge in [0.15, 0.2) is 0 Å². The first-order valence-electron chi connectivity index (χ1n) is 4.59. The SMILES string of the molecule is C=C(c1c[c-]ccc1)c1ccccc1.[Br-].[Mg+2]. The molecule has 0 nitrogen and oxygen atoms in total. The maximum Gasteiger partial charge on any atom is 2.00 e. The first-order chi connectivity index (χ1) is 6.88. The molecule has 0 amide bonds. The second-order valence-electron chi connectivity index (χ2n) is 3.14. The van der Waals surface area contributed by atoms with Gasteiger partial charge >= 0.3 is 23.1 Å². The van der Waals surface area contributed by atoms with Crippen molar-refractivity contribution < 1.29 is 17.0 Å². The number of hydrogen-bond acceptors (Lipinski definition) is 0. The molecule has 0 aliphatic carbocycles. The third-order valence-electron chi connectivity index (χ3n) is 2.18. The van der Waals surface area contributed by atoms with Crippen LogP contribution in [0.5, 0.6) is 0 Å². The molecule has 0 aliphatic heterocycles. The normalized spacial score (nSPS) is 8.50. The van der Waals surface area contributed by atoms with Gasteiger partial charge in [-0.05, 0) is 5.56 Å². The molecule has 2 heteroatoms. The summed E-state index contributed by atoms with van der Waals surface area (Å²) in [7, 11) is 0. The van der Waals surface area contributed by atoms with Crippen LogP contribution in [-0.2, 0) is 0 Å². The van der Waals surface area contributed by atoms with Gasteiger partial charge in [0.25, 0.3) is 0 Å². The molecular formula is C14H11BrMg.